The van der Waals surface area contributed by atoms with Gasteiger partial charge >= 0.3 is 18.1 Å². The maximum absolute atomic E-state index is 12.2. The van der Waals surface area contributed by atoms with Crippen LogP contribution in [0, 0.1) is 6.92 Å². The zero-order valence-electron chi connectivity index (χ0n) is 11.2. The quantitative estimate of drug-likeness (QED) is 0.911. The highest BCUT2D eigenvalue weighted by Crippen LogP contribution is 2.21. The SMILES string of the molecule is Cc1c(C(=O)O)cnn1-c1cccc(NC(=O)C(F)(F)F)c1. The Kier molecular flexibility index (Phi) is 3.89. The Morgan fingerprint density at radius 2 is 2.00 bits per heavy atom. The van der Waals surface area contributed by atoms with Gasteiger partial charge in [0.1, 0.15) is 5.56 Å². The van der Waals surface area contributed by atoms with Crippen molar-refractivity contribution in [3.8, 4) is 5.69 Å². The van der Waals surface area contributed by atoms with Crippen LogP contribution in [-0.4, -0.2) is 32.9 Å². The Hall–Kier alpha value is -2.84. The summed E-state index contributed by atoms with van der Waals surface area (Å²) in [6.45, 7) is 1.51. The van der Waals surface area contributed by atoms with Crippen molar-refractivity contribution < 1.29 is 27.9 Å². The van der Waals surface area contributed by atoms with Gasteiger partial charge in [-0.3, -0.25) is 4.79 Å². The zero-order valence-corrected chi connectivity index (χ0v) is 11.2. The van der Waals surface area contributed by atoms with Crippen LogP contribution in [0.2, 0.25) is 0 Å². The van der Waals surface area contributed by atoms with E-state index in [2.05, 4.69) is 5.10 Å². The molecule has 0 atom stereocenters. The maximum atomic E-state index is 12.2. The molecular weight excluding hydrogens is 303 g/mol. The van der Waals surface area contributed by atoms with Crippen molar-refractivity contribution in [1.29, 1.82) is 0 Å². The number of benzene rings is 1. The lowest BCUT2D eigenvalue weighted by atomic mass is 10.2. The van der Waals surface area contributed by atoms with E-state index in [0.29, 0.717) is 11.4 Å². The normalized spacial score (nSPS) is 11.3. The Morgan fingerprint density at radius 1 is 1.32 bits per heavy atom. The Balaban J connectivity index is 2.33. The van der Waals surface area contributed by atoms with Gasteiger partial charge in [0.25, 0.3) is 0 Å². The summed E-state index contributed by atoms with van der Waals surface area (Å²) in [5.74, 6) is -3.25. The molecule has 0 unspecified atom stereocenters. The molecule has 0 saturated carbocycles. The molecule has 0 aliphatic rings. The molecule has 1 heterocycles. The van der Waals surface area contributed by atoms with E-state index in [4.69, 9.17) is 5.11 Å². The Morgan fingerprint density at radius 3 is 2.55 bits per heavy atom. The molecule has 9 heteroatoms. The number of carbonyl (C=O) groups excluding carboxylic acids is 1. The standard InChI is InChI=1S/C13H10F3N3O3/c1-7-10(11(20)21)6-17-19(7)9-4-2-3-8(5-9)18-12(22)13(14,15)16/h2-6H,1H3,(H,18,22)(H,20,21). The molecule has 0 bridgehead atoms. The van der Waals surface area contributed by atoms with Gasteiger partial charge in [-0.25, -0.2) is 9.48 Å². The highest BCUT2D eigenvalue weighted by molar-refractivity contribution is 5.95. The van der Waals surface area contributed by atoms with E-state index in [-0.39, 0.29) is 11.3 Å². The number of amides is 1. The molecule has 116 valence electrons. The third-order valence-electron chi connectivity index (χ3n) is 2.85. The third kappa shape index (κ3) is 3.08. The van der Waals surface area contributed by atoms with Crippen LogP contribution in [0.5, 0.6) is 0 Å². The molecule has 22 heavy (non-hydrogen) atoms. The van der Waals surface area contributed by atoms with Gasteiger partial charge in [-0.1, -0.05) is 6.07 Å². The summed E-state index contributed by atoms with van der Waals surface area (Å²) >= 11 is 0. The van der Waals surface area contributed by atoms with Crippen LogP contribution >= 0.6 is 0 Å². The van der Waals surface area contributed by atoms with Crippen molar-refractivity contribution in [3.63, 3.8) is 0 Å². The Bertz CT molecular complexity index is 738. The number of nitrogens with zero attached hydrogens (tertiary/aromatic N) is 2. The van der Waals surface area contributed by atoms with E-state index in [1.54, 1.807) is 5.32 Å². The molecule has 1 aromatic carbocycles. The minimum Gasteiger partial charge on any atom is -0.478 e. The number of carboxylic acids is 1. The summed E-state index contributed by atoms with van der Waals surface area (Å²) in [4.78, 5) is 21.9. The summed E-state index contributed by atoms with van der Waals surface area (Å²) in [7, 11) is 0. The number of carboxylic acid groups (broad SMARTS) is 1. The lowest BCUT2D eigenvalue weighted by molar-refractivity contribution is -0.167. The second-order valence-corrected chi connectivity index (χ2v) is 4.36. The fraction of sp³-hybridized carbons (Fsp3) is 0.154. The molecule has 1 aromatic heterocycles. The lowest BCUT2D eigenvalue weighted by Gasteiger charge is -2.10. The summed E-state index contributed by atoms with van der Waals surface area (Å²) in [5, 5.41) is 14.6. The number of anilines is 1. The van der Waals surface area contributed by atoms with Gasteiger partial charge in [-0.05, 0) is 25.1 Å². The molecular formula is C13H10F3N3O3. The highest BCUT2D eigenvalue weighted by Gasteiger charge is 2.38. The molecule has 2 N–H and O–H groups in total. The molecule has 0 aliphatic heterocycles. The van der Waals surface area contributed by atoms with E-state index in [1.165, 1.54) is 35.9 Å². The molecule has 2 aromatic rings. The summed E-state index contributed by atoms with van der Waals surface area (Å²) in [6, 6.07) is 5.48. The van der Waals surface area contributed by atoms with Gasteiger partial charge in [0.05, 0.1) is 17.6 Å². The lowest BCUT2D eigenvalue weighted by Crippen LogP contribution is -2.29. The monoisotopic (exact) mass is 313 g/mol. The second kappa shape index (κ2) is 5.51. The molecule has 2 rings (SSSR count). The predicted molar refractivity (Wildman–Crippen MR) is 69.9 cm³/mol. The van der Waals surface area contributed by atoms with Gasteiger partial charge in [-0.2, -0.15) is 18.3 Å². The zero-order chi connectivity index (χ0) is 16.5. The number of nitrogens with one attached hydrogen (secondary N) is 1. The number of aromatic nitrogens is 2. The largest absolute Gasteiger partial charge is 0.478 e. The number of alkyl halides is 3. The molecule has 0 spiro atoms. The van der Waals surface area contributed by atoms with Crippen LogP contribution in [0.4, 0.5) is 18.9 Å². The smallest absolute Gasteiger partial charge is 0.471 e. The fourth-order valence-corrected chi connectivity index (χ4v) is 1.80. The van der Waals surface area contributed by atoms with Crippen molar-refractivity contribution in [2.45, 2.75) is 13.1 Å². The first-order valence-corrected chi connectivity index (χ1v) is 5.96. The first-order valence-electron chi connectivity index (χ1n) is 5.96. The molecule has 0 radical (unpaired) electrons. The van der Waals surface area contributed by atoms with E-state index >= 15 is 0 Å². The summed E-state index contributed by atoms with van der Waals surface area (Å²) in [6.07, 6.45) is -3.85. The minimum absolute atomic E-state index is 0.0234. The summed E-state index contributed by atoms with van der Waals surface area (Å²) < 4.78 is 37.9. The van der Waals surface area contributed by atoms with Gasteiger partial charge in [0.2, 0.25) is 0 Å². The Labute approximate surface area is 122 Å². The minimum atomic E-state index is -4.99. The first-order chi connectivity index (χ1) is 10.2. The van der Waals surface area contributed by atoms with Gasteiger partial charge < -0.3 is 10.4 Å². The van der Waals surface area contributed by atoms with Crippen molar-refractivity contribution in [2.75, 3.05) is 5.32 Å². The van der Waals surface area contributed by atoms with Crippen LogP contribution in [0.15, 0.2) is 30.5 Å². The number of hydrogen-bond donors (Lipinski definition) is 2. The van der Waals surface area contributed by atoms with Crippen molar-refractivity contribution in [1.82, 2.24) is 9.78 Å². The number of halogens is 3. The topological polar surface area (TPSA) is 84.2 Å². The van der Waals surface area contributed by atoms with E-state index in [0.717, 1.165) is 6.20 Å². The van der Waals surface area contributed by atoms with Crippen LogP contribution < -0.4 is 5.32 Å². The van der Waals surface area contributed by atoms with Gasteiger partial charge in [-0.15, -0.1) is 0 Å². The summed E-state index contributed by atoms with van der Waals surface area (Å²) in [5.41, 5.74) is 0.535. The molecule has 0 fully saturated rings. The van der Waals surface area contributed by atoms with Crippen molar-refractivity contribution in [2.24, 2.45) is 0 Å². The van der Waals surface area contributed by atoms with Crippen molar-refractivity contribution >= 4 is 17.6 Å². The van der Waals surface area contributed by atoms with E-state index < -0.39 is 18.1 Å². The van der Waals surface area contributed by atoms with Crippen molar-refractivity contribution in [3.05, 3.63) is 41.7 Å². The van der Waals surface area contributed by atoms with Gasteiger partial charge in [0, 0.05) is 5.69 Å². The average molecular weight is 313 g/mol. The number of hydrogen-bond acceptors (Lipinski definition) is 3. The fourth-order valence-electron chi connectivity index (χ4n) is 1.80. The average Bonchev–Trinajstić information content (AvgIpc) is 2.80. The maximum Gasteiger partial charge on any atom is 0.471 e. The highest BCUT2D eigenvalue weighted by atomic mass is 19.4. The second-order valence-electron chi connectivity index (χ2n) is 4.36. The molecule has 6 nitrogen and oxygen atoms in total. The van der Waals surface area contributed by atoms with E-state index in [9.17, 15) is 22.8 Å². The number of carbonyl (C=O) groups is 2. The van der Waals surface area contributed by atoms with Crippen LogP contribution in [0.25, 0.3) is 5.69 Å². The molecule has 0 aliphatic carbocycles. The molecule has 0 saturated heterocycles. The van der Waals surface area contributed by atoms with E-state index in [1.807, 2.05) is 0 Å². The first kappa shape index (κ1) is 15.5. The van der Waals surface area contributed by atoms with Crippen LogP contribution in [0.3, 0.4) is 0 Å². The number of rotatable bonds is 3. The van der Waals surface area contributed by atoms with Crippen LogP contribution in [0.1, 0.15) is 16.1 Å². The number of aromatic carboxylic acids is 1. The van der Waals surface area contributed by atoms with Gasteiger partial charge in [0.15, 0.2) is 0 Å². The van der Waals surface area contributed by atoms with Crippen LogP contribution in [-0.2, 0) is 4.79 Å². The predicted octanol–water partition coefficient (Wildman–Crippen LogP) is 2.38. The molecule has 1 amide bonds. The third-order valence-corrected chi connectivity index (χ3v) is 2.85.